The summed E-state index contributed by atoms with van der Waals surface area (Å²) in [6.45, 7) is 0.873. The summed E-state index contributed by atoms with van der Waals surface area (Å²) in [5, 5.41) is 19.5. The van der Waals surface area contributed by atoms with Crippen LogP contribution in [0.3, 0.4) is 0 Å². The zero-order valence-electron chi connectivity index (χ0n) is 29.9. The second kappa shape index (κ2) is 16.6. The molecule has 3 aromatic carbocycles. The molecular weight excluding hydrogens is 741 g/mol. The maximum Gasteiger partial charge on any atom is 0.296 e. The predicted octanol–water partition coefficient (Wildman–Crippen LogP) is 4.07. The van der Waals surface area contributed by atoms with Crippen LogP contribution in [0.4, 0.5) is 10.8 Å². The molecule has 5 aromatic rings. The summed E-state index contributed by atoms with van der Waals surface area (Å²) in [5.74, 6) is -2.34. The van der Waals surface area contributed by atoms with Crippen molar-refractivity contribution in [1.82, 2.24) is 30.7 Å². The van der Waals surface area contributed by atoms with Crippen LogP contribution in [-0.2, 0) is 16.2 Å². The third-order valence-corrected chi connectivity index (χ3v) is 9.84. The van der Waals surface area contributed by atoms with Crippen LogP contribution in [-0.4, -0.2) is 81.8 Å². The van der Waals surface area contributed by atoms with Crippen molar-refractivity contribution in [2.45, 2.75) is 31.9 Å². The first-order valence-corrected chi connectivity index (χ1v) is 18.3. The number of hydrogen-bond donors (Lipinski definition) is 4. The minimum Gasteiger partial charge on any atom is -0.496 e. The monoisotopic (exact) mass is 774 g/mol. The van der Waals surface area contributed by atoms with Gasteiger partial charge in [-0.05, 0) is 66.1 Å². The molecule has 1 unspecified atom stereocenters. The Morgan fingerprint density at radius 3 is 2.50 bits per heavy atom. The van der Waals surface area contributed by atoms with E-state index in [1.165, 1.54) is 12.3 Å². The normalized spacial score (nSPS) is 14.9. The number of aromatic nitrogens is 3. The summed E-state index contributed by atoms with van der Waals surface area (Å²) in [5.41, 5.74) is 3.74. The van der Waals surface area contributed by atoms with Gasteiger partial charge < -0.3 is 20.1 Å². The number of benzene rings is 3. The van der Waals surface area contributed by atoms with Crippen molar-refractivity contribution in [3.05, 3.63) is 113 Å². The van der Waals surface area contributed by atoms with Crippen LogP contribution in [0.2, 0.25) is 0 Å². The number of amides is 6. The summed E-state index contributed by atoms with van der Waals surface area (Å²) in [4.78, 5) is 81.4. The number of nitrogens with zero attached hydrogens (tertiary/aromatic N) is 4. The molecular formula is C39H34N8O8S. The third kappa shape index (κ3) is 7.92. The molecule has 17 heteroatoms. The first-order valence-electron chi connectivity index (χ1n) is 17.5. The Morgan fingerprint density at radius 1 is 0.893 bits per heavy atom. The quantitative estimate of drug-likeness (QED) is 0.0930. The van der Waals surface area contributed by atoms with Crippen LogP contribution < -0.4 is 30.7 Å². The van der Waals surface area contributed by atoms with Crippen LogP contribution in [0.5, 0.6) is 10.9 Å². The number of nitrogens with one attached hydrogen (secondary N) is 4. The molecule has 7 rings (SSSR count). The van der Waals surface area contributed by atoms with E-state index in [1.54, 1.807) is 61.8 Å². The lowest BCUT2D eigenvalue weighted by Crippen LogP contribution is -2.54. The number of carbonyl (C=O) groups is 6. The van der Waals surface area contributed by atoms with Gasteiger partial charge in [0, 0.05) is 54.3 Å². The molecule has 4 heterocycles. The van der Waals surface area contributed by atoms with E-state index in [9.17, 15) is 28.8 Å². The Kier molecular flexibility index (Phi) is 11.0. The topological polar surface area (TPSA) is 211 Å². The summed E-state index contributed by atoms with van der Waals surface area (Å²) in [6.07, 6.45) is 3.76. The van der Waals surface area contributed by atoms with E-state index in [0.29, 0.717) is 47.6 Å². The molecule has 16 nitrogen and oxygen atoms in total. The highest BCUT2D eigenvalue weighted by molar-refractivity contribution is 7.17. The van der Waals surface area contributed by atoms with Gasteiger partial charge in [-0.1, -0.05) is 41.5 Å². The smallest absolute Gasteiger partial charge is 0.296 e. The fourth-order valence-electron chi connectivity index (χ4n) is 6.33. The van der Waals surface area contributed by atoms with Gasteiger partial charge in [0.1, 0.15) is 18.4 Å². The van der Waals surface area contributed by atoms with Crippen LogP contribution in [0, 0.1) is 0 Å². The third-order valence-electron chi connectivity index (χ3n) is 9.09. The summed E-state index contributed by atoms with van der Waals surface area (Å²) in [7, 11) is 1.56. The van der Waals surface area contributed by atoms with Crippen LogP contribution in [0.25, 0.3) is 11.1 Å². The van der Waals surface area contributed by atoms with Gasteiger partial charge in [0.15, 0.2) is 0 Å². The largest absolute Gasteiger partial charge is 0.496 e. The Balaban J connectivity index is 0.859. The van der Waals surface area contributed by atoms with Crippen molar-refractivity contribution in [3.8, 4) is 22.1 Å². The molecule has 2 aliphatic heterocycles. The molecule has 0 bridgehead atoms. The van der Waals surface area contributed by atoms with Crippen LogP contribution in [0.15, 0.2) is 85.2 Å². The highest BCUT2D eigenvalue weighted by Gasteiger charge is 2.45. The number of piperidine rings is 1. The second-order valence-electron chi connectivity index (χ2n) is 12.6. The number of anilines is 2. The Hall–Kier alpha value is -7.01. The number of methoxy groups -OCH3 is 1. The lowest BCUT2D eigenvalue weighted by Gasteiger charge is -2.27. The number of fused-ring (bicyclic) bond motifs is 1. The molecule has 284 valence electrons. The minimum atomic E-state index is -1.05. The first-order chi connectivity index (χ1) is 27.2. The molecule has 0 radical (unpaired) electrons. The molecule has 0 aliphatic carbocycles. The van der Waals surface area contributed by atoms with Gasteiger partial charge in [-0.15, -0.1) is 5.10 Å². The van der Waals surface area contributed by atoms with Gasteiger partial charge in [0.2, 0.25) is 16.9 Å². The van der Waals surface area contributed by atoms with Gasteiger partial charge in [-0.25, -0.2) is 0 Å². The first kappa shape index (κ1) is 37.3. The Bertz CT molecular complexity index is 2350. The second-order valence-corrected chi connectivity index (χ2v) is 13.6. The molecule has 56 heavy (non-hydrogen) atoms. The number of pyridine rings is 1. The molecule has 0 saturated carbocycles. The summed E-state index contributed by atoms with van der Waals surface area (Å²) in [6, 6.07) is 19.6. The van der Waals surface area contributed by atoms with Crippen molar-refractivity contribution >= 4 is 57.6 Å². The molecule has 4 N–H and O–H groups in total. The van der Waals surface area contributed by atoms with E-state index in [0.717, 1.165) is 27.4 Å². The van der Waals surface area contributed by atoms with E-state index in [4.69, 9.17) is 9.47 Å². The van der Waals surface area contributed by atoms with E-state index < -0.39 is 35.6 Å². The van der Waals surface area contributed by atoms with Crippen molar-refractivity contribution in [1.29, 1.82) is 0 Å². The van der Waals surface area contributed by atoms with Crippen molar-refractivity contribution < 1.29 is 38.2 Å². The fourth-order valence-corrected chi connectivity index (χ4v) is 6.92. The number of imide groups is 2. The molecule has 1 saturated heterocycles. The Labute approximate surface area is 323 Å². The van der Waals surface area contributed by atoms with Crippen molar-refractivity contribution in [2.75, 3.05) is 30.8 Å². The minimum absolute atomic E-state index is 0.0394. The van der Waals surface area contributed by atoms with Gasteiger partial charge >= 0.3 is 0 Å². The molecule has 2 aromatic heterocycles. The SMILES string of the molecule is COc1ccccc1-c1cnccc1C(=O)Nc1nnc(OCc2ccc(C(=O)NCCCNc3cccc4c3C(=O)N(C3CCC(=O)NC3=O)C4=O)cc2)s1. The average Bonchev–Trinajstić information content (AvgIpc) is 3.77. The standard InChI is InChI=1S/C39H34N8O8S/c1-54-30-9-3-2-6-24(30)27-20-40-19-16-25(27)34(50)44-38-45-46-39(56-38)55-21-22-10-12-23(13-11-22)33(49)42-18-5-17-41-28-8-4-7-26-32(28)37(53)47(36(26)52)29-14-15-31(48)43-35(29)51/h2-4,6-13,16,19-20,29,41H,5,14-15,17-18,21H2,1H3,(H,42,49)(H,43,48,51)(H,44,45,50). The molecule has 1 fully saturated rings. The average molecular weight is 775 g/mol. The molecule has 1 atom stereocenters. The van der Waals surface area contributed by atoms with Gasteiger partial charge in [0.25, 0.3) is 28.8 Å². The van der Waals surface area contributed by atoms with E-state index in [2.05, 4.69) is 36.4 Å². The lowest BCUT2D eigenvalue weighted by atomic mass is 10.0. The maximum atomic E-state index is 13.3. The zero-order valence-corrected chi connectivity index (χ0v) is 30.7. The van der Waals surface area contributed by atoms with E-state index >= 15 is 0 Å². The predicted molar refractivity (Wildman–Crippen MR) is 203 cm³/mol. The number of rotatable bonds is 14. The number of hydrogen-bond acceptors (Lipinski definition) is 13. The zero-order chi connectivity index (χ0) is 39.2. The summed E-state index contributed by atoms with van der Waals surface area (Å²) >= 11 is 1.07. The van der Waals surface area contributed by atoms with Crippen molar-refractivity contribution in [3.63, 3.8) is 0 Å². The van der Waals surface area contributed by atoms with Gasteiger partial charge in [-0.2, -0.15) is 0 Å². The summed E-state index contributed by atoms with van der Waals surface area (Å²) < 4.78 is 11.2. The van der Waals surface area contributed by atoms with Gasteiger partial charge in [-0.3, -0.25) is 49.3 Å². The van der Waals surface area contributed by atoms with Gasteiger partial charge in [0.05, 0.1) is 23.8 Å². The number of ether oxygens (including phenoxy) is 2. The van der Waals surface area contributed by atoms with Crippen molar-refractivity contribution in [2.24, 2.45) is 0 Å². The molecule has 0 spiro atoms. The van der Waals surface area contributed by atoms with E-state index in [-0.39, 0.29) is 46.8 Å². The van der Waals surface area contributed by atoms with Crippen LogP contribution in [0.1, 0.15) is 66.3 Å². The Morgan fingerprint density at radius 2 is 1.70 bits per heavy atom. The lowest BCUT2D eigenvalue weighted by molar-refractivity contribution is -0.136. The highest BCUT2D eigenvalue weighted by atomic mass is 32.1. The highest BCUT2D eigenvalue weighted by Crippen LogP contribution is 2.34. The fraction of sp³-hybridized carbons (Fsp3) is 0.205. The van der Waals surface area contributed by atoms with E-state index in [1.807, 2.05) is 18.2 Å². The number of carbonyl (C=O) groups excluding carboxylic acids is 6. The maximum absolute atomic E-state index is 13.3. The van der Waals surface area contributed by atoms with Crippen LogP contribution >= 0.6 is 11.3 Å². The molecule has 2 aliphatic rings. The molecule has 6 amide bonds. The number of para-hydroxylation sites is 1.